The molecule has 7 heteroatoms. The minimum absolute atomic E-state index is 0.329. The van der Waals surface area contributed by atoms with Crippen LogP contribution in [0.5, 0.6) is 11.5 Å². The summed E-state index contributed by atoms with van der Waals surface area (Å²) in [5.41, 5.74) is 10.5. The van der Waals surface area contributed by atoms with E-state index in [9.17, 15) is 4.79 Å². The summed E-state index contributed by atoms with van der Waals surface area (Å²) in [6, 6.07) is 13.5. The van der Waals surface area contributed by atoms with Gasteiger partial charge in [-0.25, -0.2) is 4.79 Å². The average Bonchev–Trinajstić information content (AvgIpc) is 3.21. The summed E-state index contributed by atoms with van der Waals surface area (Å²) >= 11 is 0. The Balaban J connectivity index is 1.90. The van der Waals surface area contributed by atoms with Crippen LogP contribution in [0, 0.1) is 12.8 Å². The first-order valence-electron chi connectivity index (χ1n) is 9.69. The monoisotopic (exact) mass is 397 g/mol. The van der Waals surface area contributed by atoms with Gasteiger partial charge in [-0.2, -0.15) is 0 Å². The third-order valence-electron chi connectivity index (χ3n) is 5.10. The van der Waals surface area contributed by atoms with E-state index in [-0.39, 0.29) is 5.88 Å². The molecule has 1 saturated carbocycles. The summed E-state index contributed by atoms with van der Waals surface area (Å²) in [5.74, 6) is 5.17. The van der Waals surface area contributed by atoms with Crippen molar-refractivity contribution in [3.8, 4) is 22.6 Å². The molecular weight excluding hydrogens is 370 g/mol. The van der Waals surface area contributed by atoms with Crippen molar-refractivity contribution in [3.05, 3.63) is 59.6 Å². The van der Waals surface area contributed by atoms with E-state index in [0.29, 0.717) is 24.0 Å². The van der Waals surface area contributed by atoms with Gasteiger partial charge in [0.05, 0.1) is 6.61 Å². The molecule has 0 radical (unpaired) electrons. The molecular formula is C22H27N3O4. The number of carbonyl (C=O) groups is 1. The largest absolute Gasteiger partial charge is 0.493 e. The normalized spacial score (nSPS) is 15.0. The maximum absolute atomic E-state index is 11.2. The topological polar surface area (TPSA) is 120 Å². The zero-order chi connectivity index (χ0) is 20.8. The number of carboxylic acids is 1. The zero-order valence-electron chi connectivity index (χ0n) is 16.5. The predicted octanol–water partition coefficient (Wildman–Crippen LogP) is 3.29. The molecule has 0 bridgehead atoms. The van der Waals surface area contributed by atoms with E-state index in [1.165, 1.54) is 31.2 Å². The molecule has 1 aliphatic rings. The molecule has 2 aromatic rings. The van der Waals surface area contributed by atoms with Crippen molar-refractivity contribution in [1.82, 2.24) is 5.43 Å². The number of rotatable bonds is 8. The molecule has 2 aromatic carbocycles. The van der Waals surface area contributed by atoms with Crippen molar-refractivity contribution in [2.45, 2.75) is 32.6 Å². The minimum Gasteiger partial charge on any atom is -0.493 e. The number of aryl methyl sites for hydroxylation is 1. The molecule has 0 aliphatic heterocycles. The van der Waals surface area contributed by atoms with Crippen LogP contribution in [0.15, 0.2) is 54.0 Å². The Morgan fingerprint density at radius 2 is 1.86 bits per heavy atom. The van der Waals surface area contributed by atoms with Crippen LogP contribution < -0.4 is 26.5 Å². The SMILES string of the molecule is Cc1ccc(-c2ccc(O/C(N)=C(/NN)C(=O)O)cc2OCC2CCCC2)cc1. The summed E-state index contributed by atoms with van der Waals surface area (Å²) in [6.07, 6.45) is 4.84. The van der Waals surface area contributed by atoms with Gasteiger partial charge < -0.3 is 25.7 Å². The number of carboxylic acid groups (broad SMARTS) is 1. The third-order valence-corrected chi connectivity index (χ3v) is 5.10. The Labute approximate surface area is 170 Å². The molecule has 1 fully saturated rings. The van der Waals surface area contributed by atoms with E-state index in [2.05, 4.69) is 0 Å². The molecule has 0 heterocycles. The van der Waals surface area contributed by atoms with E-state index in [1.54, 1.807) is 12.1 Å². The van der Waals surface area contributed by atoms with Crippen LogP contribution in [0.2, 0.25) is 0 Å². The highest BCUT2D eigenvalue weighted by atomic mass is 16.5. The fraction of sp³-hybridized carbons (Fsp3) is 0.318. The maximum atomic E-state index is 11.2. The minimum atomic E-state index is -1.31. The van der Waals surface area contributed by atoms with Gasteiger partial charge in [-0.05, 0) is 43.4 Å². The van der Waals surface area contributed by atoms with Gasteiger partial charge in [0.15, 0.2) is 5.70 Å². The highest BCUT2D eigenvalue weighted by Gasteiger charge is 2.18. The predicted molar refractivity (Wildman–Crippen MR) is 111 cm³/mol. The summed E-state index contributed by atoms with van der Waals surface area (Å²) in [7, 11) is 0. The Morgan fingerprint density at radius 1 is 1.17 bits per heavy atom. The Hall–Kier alpha value is -3.19. The molecule has 6 N–H and O–H groups in total. The van der Waals surface area contributed by atoms with Gasteiger partial charge in [0.25, 0.3) is 0 Å². The summed E-state index contributed by atoms with van der Waals surface area (Å²) in [4.78, 5) is 11.2. The molecule has 0 amide bonds. The Morgan fingerprint density at radius 3 is 2.48 bits per heavy atom. The van der Waals surface area contributed by atoms with Crippen LogP contribution in [0.4, 0.5) is 0 Å². The van der Waals surface area contributed by atoms with Crippen molar-refractivity contribution in [2.24, 2.45) is 17.5 Å². The van der Waals surface area contributed by atoms with Crippen molar-refractivity contribution in [1.29, 1.82) is 0 Å². The Kier molecular flexibility index (Phi) is 6.61. The van der Waals surface area contributed by atoms with Crippen molar-refractivity contribution < 1.29 is 19.4 Å². The smallest absolute Gasteiger partial charge is 0.358 e. The van der Waals surface area contributed by atoms with Crippen LogP contribution in [0.3, 0.4) is 0 Å². The number of aliphatic carboxylic acids is 1. The van der Waals surface area contributed by atoms with Crippen LogP contribution in [-0.2, 0) is 4.79 Å². The van der Waals surface area contributed by atoms with E-state index < -0.39 is 11.7 Å². The molecule has 0 atom stereocenters. The average molecular weight is 397 g/mol. The second-order valence-electron chi connectivity index (χ2n) is 7.28. The summed E-state index contributed by atoms with van der Waals surface area (Å²) in [5, 5.41) is 9.11. The first-order valence-corrected chi connectivity index (χ1v) is 9.69. The second-order valence-corrected chi connectivity index (χ2v) is 7.28. The number of nitrogens with two attached hydrogens (primary N) is 2. The molecule has 0 saturated heterocycles. The molecule has 0 unspecified atom stereocenters. The first-order chi connectivity index (χ1) is 14.0. The highest BCUT2D eigenvalue weighted by molar-refractivity contribution is 5.86. The molecule has 29 heavy (non-hydrogen) atoms. The van der Waals surface area contributed by atoms with Gasteiger partial charge in [0.2, 0.25) is 5.88 Å². The number of hydrazine groups is 1. The van der Waals surface area contributed by atoms with E-state index >= 15 is 0 Å². The van der Waals surface area contributed by atoms with Crippen LogP contribution in [0.25, 0.3) is 11.1 Å². The van der Waals surface area contributed by atoms with Crippen LogP contribution >= 0.6 is 0 Å². The Bertz CT molecular complexity index is 887. The zero-order valence-corrected chi connectivity index (χ0v) is 16.5. The summed E-state index contributed by atoms with van der Waals surface area (Å²) in [6.45, 7) is 2.68. The maximum Gasteiger partial charge on any atom is 0.358 e. The van der Waals surface area contributed by atoms with Crippen molar-refractivity contribution in [2.75, 3.05) is 6.61 Å². The fourth-order valence-corrected chi connectivity index (χ4v) is 3.46. The van der Waals surface area contributed by atoms with Gasteiger partial charge >= 0.3 is 5.97 Å². The second kappa shape index (κ2) is 9.34. The number of nitrogens with one attached hydrogen (secondary N) is 1. The molecule has 0 aromatic heterocycles. The quantitative estimate of drug-likeness (QED) is 0.233. The van der Waals surface area contributed by atoms with Gasteiger partial charge in [-0.15, -0.1) is 0 Å². The van der Waals surface area contributed by atoms with E-state index in [1.807, 2.05) is 42.7 Å². The van der Waals surface area contributed by atoms with Gasteiger partial charge in [-0.1, -0.05) is 42.7 Å². The van der Waals surface area contributed by atoms with Gasteiger partial charge in [0, 0.05) is 11.6 Å². The van der Waals surface area contributed by atoms with Crippen LogP contribution in [0.1, 0.15) is 31.2 Å². The standard InChI is InChI=1S/C22H27N3O4/c1-14-6-8-16(9-7-14)18-11-10-17(29-21(23)20(25-24)22(26)27)12-19(18)28-13-15-4-2-3-5-15/h6-12,15,25H,2-5,13,23-24H2,1H3,(H,26,27)/b21-20+. The molecule has 154 valence electrons. The highest BCUT2D eigenvalue weighted by Crippen LogP contribution is 2.35. The lowest BCUT2D eigenvalue weighted by Gasteiger charge is -2.17. The summed E-state index contributed by atoms with van der Waals surface area (Å²) < 4.78 is 11.7. The third kappa shape index (κ3) is 5.20. The van der Waals surface area contributed by atoms with Gasteiger partial charge in [0.1, 0.15) is 11.5 Å². The van der Waals surface area contributed by atoms with Crippen molar-refractivity contribution >= 4 is 5.97 Å². The number of benzene rings is 2. The number of ether oxygens (including phenoxy) is 2. The first kappa shape index (κ1) is 20.5. The molecule has 7 nitrogen and oxygen atoms in total. The fourth-order valence-electron chi connectivity index (χ4n) is 3.46. The number of hydrogen-bond acceptors (Lipinski definition) is 6. The van der Waals surface area contributed by atoms with Gasteiger partial charge in [-0.3, -0.25) is 5.84 Å². The van der Waals surface area contributed by atoms with Crippen molar-refractivity contribution in [3.63, 3.8) is 0 Å². The molecule has 1 aliphatic carbocycles. The van der Waals surface area contributed by atoms with Crippen LogP contribution in [-0.4, -0.2) is 17.7 Å². The lowest BCUT2D eigenvalue weighted by molar-refractivity contribution is -0.133. The molecule has 3 rings (SSSR count). The lowest BCUT2D eigenvalue weighted by atomic mass is 10.0. The lowest BCUT2D eigenvalue weighted by Crippen LogP contribution is -2.31. The number of hydrogen-bond donors (Lipinski definition) is 4. The van der Waals surface area contributed by atoms with E-state index in [4.69, 9.17) is 26.2 Å². The van der Waals surface area contributed by atoms with E-state index in [0.717, 1.165) is 11.1 Å². The molecule has 0 spiro atoms.